The molecule has 4 nitrogen and oxygen atoms in total. The number of anilines is 1. The Hall–Kier alpha value is -3.58. The highest BCUT2D eigenvalue weighted by Gasteiger charge is 2.18. The average Bonchev–Trinajstić information content (AvgIpc) is 2.66. The molecule has 0 atom stereocenters. The van der Waals surface area contributed by atoms with Crippen LogP contribution in [0.4, 0.5) is 5.69 Å². The van der Waals surface area contributed by atoms with E-state index in [0.717, 1.165) is 11.1 Å². The number of allylic oxidation sites excluding steroid dienone is 4. The van der Waals surface area contributed by atoms with Crippen molar-refractivity contribution in [1.29, 1.82) is 5.26 Å². The first-order valence-corrected chi connectivity index (χ1v) is 8.51. The maximum atomic E-state index is 13.1. The van der Waals surface area contributed by atoms with Crippen molar-refractivity contribution >= 4 is 11.6 Å². The minimum Gasteiger partial charge on any atom is -0.508 e. The smallest absolute Gasteiger partial charge is 0.258 e. The molecule has 0 saturated carbocycles. The predicted octanol–water partition coefficient (Wildman–Crippen LogP) is 4.99. The van der Waals surface area contributed by atoms with Crippen LogP contribution in [0.3, 0.4) is 0 Å². The molecule has 1 N–H and O–H groups in total. The van der Waals surface area contributed by atoms with Gasteiger partial charge in [-0.2, -0.15) is 5.26 Å². The summed E-state index contributed by atoms with van der Waals surface area (Å²) < 4.78 is 0. The molecule has 27 heavy (non-hydrogen) atoms. The van der Waals surface area contributed by atoms with Gasteiger partial charge in [0.1, 0.15) is 5.75 Å². The van der Waals surface area contributed by atoms with Crippen molar-refractivity contribution < 1.29 is 9.90 Å². The number of nitriles is 1. The number of nitrogens with zero attached hydrogens (tertiary/aromatic N) is 2. The number of phenolic OH excluding ortho intramolecular Hbond substituents is 1. The molecule has 0 bridgehead atoms. The lowest BCUT2D eigenvalue weighted by Crippen LogP contribution is -2.32. The van der Waals surface area contributed by atoms with E-state index in [9.17, 15) is 9.90 Å². The number of aromatic hydroxyl groups is 1. The minimum absolute atomic E-state index is 0.134. The first kappa shape index (κ1) is 19.7. The van der Waals surface area contributed by atoms with Crippen LogP contribution in [0.1, 0.15) is 29.8 Å². The Morgan fingerprint density at radius 3 is 2.56 bits per heavy atom. The van der Waals surface area contributed by atoms with Gasteiger partial charge in [-0.25, -0.2) is 0 Å². The fourth-order valence-electron chi connectivity index (χ4n) is 2.47. The van der Waals surface area contributed by atoms with Gasteiger partial charge < -0.3 is 10.0 Å². The predicted molar refractivity (Wildman–Crippen MR) is 109 cm³/mol. The van der Waals surface area contributed by atoms with E-state index in [0.29, 0.717) is 23.4 Å². The van der Waals surface area contributed by atoms with Crippen molar-refractivity contribution in [2.75, 3.05) is 11.4 Å². The van der Waals surface area contributed by atoms with E-state index in [-0.39, 0.29) is 11.7 Å². The van der Waals surface area contributed by atoms with Gasteiger partial charge in [-0.15, -0.1) is 0 Å². The zero-order valence-corrected chi connectivity index (χ0v) is 15.5. The number of hydrogen-bond acceptors (Lipinski definition) is 3. The molecule has 0 spiro atoms. The summed E-state index contributed by atoms with van der Waals surface area (Å²) in [6.45, 7) is 8.05. The third-order valence-electron chi connectivity index (χ3n) is 3.81. The number of carbonyl (C=O) groups is 1. The van der Waals surface area contributed by atoms with Crippen LogP contribution in [0, 0.1) is 11.3 Å². The Morgan fingerprint density at radius 2 is 1.93 bits per heavy atom. The van der Waals surface area contributed by atoms with E-state index in [1.807, 2.05) is 32.1 Å². The Morgan fingerprint density at radius 1 is 1.22 bits per heavy atom. The van der Waals surface area contributed by atoms with E-state index in [4.69, 9.17) is 5.26 Å². The molecule has 0 aliphatic carbocycles. The molecule has 0 saturated heterocycles. The number of benzene rings is 2. The van der Waals surface area contributed by atoms with Gasteiger partial charge in [0.2, 0.25) is 0 Å². The third kappa shape index (κ3) is 5.72. The maximum Gasteiger partial charge on any atom is 0.258 e. The fraction of sp³-hybridized carbons (Fsp3) is 0.130. The van der Waals surface area contributed by atoms with Gasteiger partial charge in [-0.05, 0) is 56.3 Å². The van der Waals surface area contributed by atoms with Gasteiger partial charge in [0.15, 0.2) is 0 Å². The molecule has 136 valence electrons. The molecule has 0 fully saturated rings. The van der Waals surface area contributed by atoms with Crippen molar-refractivity contribution in [2.45, 2.75) is 13.8 Å². The summed E-state index contributed by atoms with van der Waals surface area (Å²) in [5.41, 5.74) is 3.46. The van der Waals surface area contributed by atoms with Crippen molar-refractivity contribution in [2.24, 2.45) is 0 Å². The summed E-state index contributed by atoms with van der Waals surface area (Å²) >= 11 is 0. The largest absolute Gasteiger partial charge is 0.508 e. The summed E-state index contributed by atoms with van der Waals surface area (Å²) in [6, 6.07) is 15.2. The molecule has 0 aliphatic rings. The summed E-state index contributed by atoms with van der Waals surface area (Å²) in [4.78, 5) is 14.7. The molecule has 0 radical (unpaired) electrons. The Balaban J connectivity index is 2.37. The second-order valence-electron chi connectivity index (χ2n) is 6.32. The second-order valence-corrected chi connectivity index (χ2v) is 6.32. The van der Waals surface area contributed by atoms with Crippen LogP contribution in [-0.4, -0.2) is 17.6 Å². The van der Waals surface area contributed by atoms with E-state index < -0.39 is 0 Å². The molecule has 4 heteroatoms. The summed E-state index contributed by atoms with van der Waals surface area (Å²) in [6.07, 6.45) is 5.72. The van der Waals surface area contributed by atoms with Crippen LogP contribution in [-0.2, 0) is 0 Å². The quantitative estimate of drug-likeness (QED) is 0.740. The molecule has 0 aromatic heterocycles. The van der Waals surface area contributed by atoms with Gasteiger partial charge in [-0.1, -0.05) is 42.0 Å². The molecule has 0 unspecified atom stereocenters. The van der Waals surface area contributed by atoms with Gasteiger partial charge >= 0.3 is 0 Å². The fourth-order valence-corrected chi connectivity index (χ4v) is 2.47. The zero-order valence-electron chi connectivity index (χ0n) is 15.5. The zero-order chi connectivity index (χ0) is 19.8. The lowest BCUT2D eigenvalue weighted by Gasteiger charge is -2.23. The lowest BCUT2D eigenvalue weighted by atomic mass is 10.1. The highest BCUT2D eigenvalue weighted by Crippen LogP contribution is 2.22. The Kier molecular flexibility index (Phi) is 6.73. The maximum absolute atomic E-state index is 13.1. The summed E-state index contributed by atoms with van der Waals surface area (Å²) in [5, 5.41) is 18.6. The standard InChI is InChI=1S/C23H22N2O2/c1-17(2)6-4-7-18(3)16-25(21-10-12-22(26)13-11-21)23(27)20-9-5-8-19(14-20)15-24/h4-14,26H,1,16H2,2-3H3/b6-4-,18-7+. The van der Waals surface area contributed by atoms with Gasteiger partial charge in [0, 0.05) is 17.8 Å². The van der Waals surface area contributed by atoms with Crippen LogP contribution in [0.5, 0.6) is 5.75 Å². The van der Waals surface area contributed by atoms with Crippen LogP contribution in [0.2, 0.25) is 0 Å². The molecule has 2 rings (SSSR count). The molecule has 2 aromatic rings. The van der Waals surface area contributed by atoms with E-state index in [1.165, 1.54) is 0 Å². The van der Waals surface area contributed by atoms with Crippen molar-refractivity contribution in [3.63, 3.8) is 0 Å². The number of carbonyl (C=O) groups excluding carboxylic acids is 1. The molecule has 0 aliphatic heterocycles. The molecular formula is C23H22N2O2. The van der Waals surface area contributed by atoms with Crippen LogP contribution in [0.25, 0.3) is 0 Å². The van der Waals surface area contributed by atoms with Gasteiger partial charge in [0.25, 0.3) is 5.91 Å². The highest BCUT2D eigenvalue weighted by atomic mass is 16.3. The first-order valence-electron chi connectivity index (χ1n) is 8.51. The first-order chi connectivity index (χ1) is 12.9. The molecule has 2 aromatic carbocycles. The average molecular weight is 358 g/mol. The second kappa shape index (κ2) is 9.21. The van der Waals surface area contributed by atoms with Crippen LogP contribution < -0.4 is 4.90 Å². The summed E-state index contributed by atoms with van der Waals surface area (Å²) in [5.74, 6) is -0.0799. The van der Waals surface area contributed by atoms with Gasteiger partial charge in [0.05, 0.1) is 11.6 Å². The van der Waals surface area contributed by atoms with E-state index in [2.05, 4.69) is 12.6 Å². The number of amides is 1. The minimum atomic E-state index is -0.213. The molecule has 1 amide bonds. The van der Waals surface area contributed by atoms with E-state index >= 15 is 0 Å². The SMILES string of the molecule is C=C(C)/C=C\C=C(/C)CN(C(=O)c1cccc(C#N)c1)c1ccc(O)cc1. The van der Waals surface area contributed by atoms with Gasteiger partial charge in [-0.3, -0.25) is 4.79 Å². The summed E-state index contributed by atoms with van der Waals surface area (Å²) in [7, 11) is 0. The van der Waals surface area contributed by atoms with Crippen molar-refractivity contribution in [1.82, 2.24) is 0 Å². The molecular weight excluding hydrogens is 336 g/mol. The van der Waals surface area contributed by atoms with E-state index in [1.54, 1.807) is 53.4 Å². The van der Waals surface area contributed by atoms with Crippen LogP contribution >= 0.6 is 0 Å². The monoisotopic (exact) mass is 358 g/mol. The lowest BCUT2D eigenvalue weighted by molar-refractivity contribution is 0.0989. The number of rotatable bonds is 6. The Labute approximate surface area is 160 Å². The van der Waals surface area contributed by atoms with Crippen molar-refractivity contribution in [3.8, 4) is 11.8 Å². The van der Waals surface area contributed by atoms with Crippen LogP contribution in [0.15, 0.2) is 84.5 Å². The topological polar surface area (TPSA) is 64.3 Å². The van der Waals surface area contributed by atoms with Crippen molar-refractivity contribution in [3.05, 3.63) is 95.6 Å². The molecule has 0 heterocycles. The normalized spacial score (nSPS) is 11.2. The number of phenols is 1. The third-order valence-corrected chi connectivity index (χ3v) is 3.81. The Bertz CT molecular complexity index is 932. The number of hydrogen-bond donors (Lipinski definition) is 1. The highest BCUT2D eigenvalue weighted by molar-refractivity contribution is 6.06.